The number of phenolic OH excluding ortho intramolecular Hbond substituents is 1. The standard InChI is InChI=1S/C22H17Cl2N3O/c1-13-4-2-6-19(26-13)27-20(15-10-16(23)12-17(24)11-15)18-8-7-14-5-3-9-25-21(14)22(18)28/h2-12,20,28H,1H3,(H,26,27). The molecule has 2 aromatic carbocycles. The molecule has 0 aliphatic carbocycles. The Hall–Kier alpha value is -2.82. The number of benzene rings is 2. The van der Waals surface area contributed by atoms with E-state index in [4.69, 9.17) is 23.2 Å². The second-order valence-corrected chi connectivity index (χ2v) is 7.40. The van der Waals surface area contributed by atoms with Gasteiger partial charge >= 0.3 is 0 Å². The summed E-state index contributed by atoms with van der Waals surface area (Å²) in [6.45, 7) is 1.92. The van der Waals surface area contributed by atoms with E-state index in [0.29, 0.717) is 26.9 Å². The molecule has 0 aliphatic rings. The number of pyridine rings is 2. The topological polar surface area (TPSA) is 58.0 Å². The number of hydrogen-bond acceptors (Lipinski definition) is 4. The quantitative estimate of drug-likeness (QED) is 0.424. The Morgan fingerprint density at radius 3 is 2.50 bits per heavy atom. The molecule has 4 rings (SSSR count). The van der Waals surface area contributed by atoms with Gasteiger partial charge < -0.3 is 10.4 Å². The van der Waals surface area contributed by atoms with Gasteiger partial charge in [-0.2, -0.15) is 0 Å². The minimum absolute atomic E-state index is 0.111. The minimum Gasteiger partial charge on any atom is -0.505 e. The maximum atomic E-state index is 11.0. The van der Waals surface area contributed by atoms with E-state index in [9.17, 15) is 5.11 Å². The summed E-state index contributed by atoms with van der Waals surface area (Å²) in [5.41, 5.74) is 2.90. The van der Waals surface area contributed by atoms with Crippen LogP contribution in [0.25, 0.3) is 10.9 Å². The number of aryl methyl sites for hydroxylation is 1. The molecule has 4 aromatic rings. The zero-order chi connectivity index (χ0) is 19.7. The van der Waals surface area contributed by atoms with Crippen LogP contribution in [0.2, 0.25) is 10.0 Å². The summed E-state index contributed by atoms with van der Waals surface area (Å²) in [5.74, 6) is 0.793. The highest BCUT2D eigenvalue weighted by Crippen LogP contribution is 2.37. The summed E-state index contributed by atoms with van der Waals surface area (Å²) >= 11 is 12.5. The van der Waals surface area contributed by atoms with E-state index in [1.165, 1.54) is 0 Å². The molecule has 28 heavy (non-hydrogen) atoms. The van der Waals surface area contributed by atoms with Gasteiger partial charge in [0.2, 0.25) is 0 Å². The van der Waals surface area contributed by atoms with Gasteiger partial charge in [-0.3, -0.25) is 4.98 Å². The second kappa shape index (κ2) is 7.66. The van der Waals surface area contributed by atoms with Crippen LogP contribution in [0.1, 0.15) is 22.9 Å². The Labute approximate surface area is 172 Å². The Morgan fingerprint density at radius 1 is 0.964 bits per heavy atom. The molecule has 0 spiro atoms. The van der Waals surface area contributed by atoms with Gasteiger partial charge in [0.25, 0.3) is 0 Å². The Bertz CT molecular complexity index is 1140. The van der Waals surface area contributed by atoms with Crippen LogP contribution >= 0.6 is 23.2 Å². The number of fused-ring (bicyclic) bond motifs is 1. The lowest BCUT2D eigenvalue weighted by molar-refractivity contribution is 0.471. The third kappa shape index (κ3) is 3.75. The third-order valence-electron chi connectivity index (χ3n) is 4.49. The first-order chi connectivity index (χ1) is 13.5. The number of nitrogens with zero attached hydrogens (tertiary/aromatic N) is 2. The Balaban J connectivity index is 1.88. The number of anilines is 1. The predicted molar refractivity (Wildman–Crippen MR) is 114 cm³/mol. The molecule has 140 valence electrons. The lowest BCUT2D eigenvalue weighted by Crippen LogP contribution is -2.14. The highest BCUT2D eigenvalue weighted by Gasteiger charge is 2.21. The van der Waals surface area contributed by atoms with Crippen molar-refractivity contribution in [3.8, 4) is 5.75 Å². The maximum absolute atomic E-state index is 11.0. The average Bonchev–Trinajstić information content (AvgIpc) is 2.66. The van der Waals surface area contributed by atoms with E-state index < -0.39 is 6.04 Å². The van der Waals surface area contributed by atoms with Gasteiger partial charge in [-0.15, -0.1) is 0 Å². The van der Waals surface area contributed by atoms with E-state index in [1.54, 1.807) is 12.3 Å². The molecule has 0 radical (unpaired) electrons. The zero-order valence-corrected chi connectivity index (χ0v) is 16.5. The van der Waals surface area contributed by atoms with Gasteiger partial charge in [0.15, 0.2) is 0 Å². The molecular formula is C22H17Cl2N3O. The van der Waals surface area contributed by atoms with Crippen molar-refractivity contribution in [2.24, 2.45) is 0 Å². The van der Waals surface area contributed by atoms with Gasteiger partial charge in [-0.05, 0) is 48.9 Å². The highest BCUT2D eigenvalue weighted by molar-refractivity contribution is 6.34. The van der Waals surface area contributed by atoms with Crippen molar-refractivity contribution < 1.29 is 5.11 Å². The summed E-state index contributed by atoms with van der Waals surface area (Å²) in [6.07, 6.45) is 1.66. The van der Waals surface area contributed by atoms with E-state index in [2.05, 4.69) is 15.3 Å². The molecule has 2 N–H and O–H groups in total. The smallest absolute Gasteiger partial charge is 0.147 e. The summed E-state index contributed by atoms with van der Waals surface area (Å²) in [6, 6.07) is 18.2. The van der Waals surface area contributed by atoms with Crippen LogP contribution in [0.15, 0.2) is 66.9 Å². The first-order valence-electron chi connectivity index (χ1n) is 8.74. The molecule has 2 aromatic heterocycles. The van der Waals surface area contributed by atoms with Crippen molar-refractivity contribution in [2.75, 3.05) is 5.32 Å². The number of aromatic hydroxyl groups is 1. The van der Waals surface area contributed by atoms with Crippen LogP contribution in [-0.4, -0.2) is 15.1 Å². The number of phenols is 1. The van der Waals surface area contributed by atoms with Crippen molar-refractivity contribution in [3.05, 3.63) is 93.7 Å². The van der Waals surface area contributed by atoms with Gasteiger partial charge in [-0.25, -0.2) is 4.98 Å². The Kier molecular flexibility index (Phi) is 5.07. The van der Waals surface area contributed by atoms with Crippen molar-refractivity contribution in [2.45, 2.75) is 13.0 Å². The summed E-state index contributed by atoms with van der Waals surface area (Å²) < 4.78 is 0. The first kappa shape index (κ1) is 18.5. The minimum atomic E-state index is -0.420. The number of aromatic nitrogens is 2. The molecule has 0 aliphatic heterocycles. The molecule has 4 nitrogen and oxygen atoms in total. The molecule has 1 unspecified atom stereocenters. The SMILES string of the molecule is Cc1cccc(NC(c2cc(Cl)cc(Cl)c2)c2ccc3cccnc3c2O)n1. The monoisotopic (exact) mass is 409 g/mol. The molecule has 0 fully saturated rings. The van der Waals surface area contributed by atoms with E-state index in [0.717, 1.165) is 16.6 Å². The number of rotatable bonds is 4. The van der Waals surface area contributed by atoms with Crippen LogP contribution in [-0.2, 0) is 0 Å². The summed E-state index contributed by atoms with van der Waals surface area (Å²) in [5, 5.41) is 16.3. The lowest BCUT2D eigenvalue weighted by atomic mass is 9.96. The van der Waals surface area contributed by atoms with Gasteiger partial charge in [0.05, 0.1) is 6.04 Å². The molecule has 1 atom stereocenters. The number of hydrogen-bond donors (Lipinski definition) is 2. The fraction of sp³-hybridized carbons (Fsp3) is 0.0909. The normalized spacial score (nSPS) is 12.1. The van der Waals surface area contributed by atoms with Gasteiger partial charge in [-0.1, -0.05) is 47.5 Å². The third-order valence-corrected chi connectivity index (χ3v) is 4.93. The molecule has 0 bridgehead atoms. The van der Waals surface area contributed by atoms with Crippen LogP contribution in [0.5, 0.6) is 5.75 Å². The molecule has 0 saturated carbocycles. The lowest BCUT2D eigenvalue weighted by Gasteiger charge is -2.22. The molecule has 0 saturated heterocycles. The van der Waals surface area contributed by atoms with Gasteiger partial charge in [0.1, 0.15) is 17.1 Å². The highest BCUT2D eigenvalue weighted by atomic mass is 35.5. The zero-order valence-electron chi connectivity index (χ0n) is 15.0. The largest absolute Gasteiger partial charge is 0.505 e. The van der Waals surface area contributed by atoms with Crippen LogP contribution in [0.3, 0.4) is 0 Å². The maximum Gasteiger partial charge on any atom is 0.147 e. The second-order valence-electron chi connectivity index (χ2n) is 6.52. The van der Waals surface area contributed by atoms with E-state index in [-0.39, 0.29) is 5.75 Å². The van der Waals surface area contributed by atoms with Gasteiger partial charge in [0, 0.05) is 32.9 Å². The molecule has 6 heteroatoms. The summed E-state index contributed by atoms with van der Waals surface area (Å²) in [4.78, 5) is 8.85. The predicted octanol–water partition coefficient (Wildman–Crippen LogP) is 6.15. The van der Waals surface area contributed by atoms with Crippen molar-refractivity contribution >= 4 is 39.9 Å². The summed E-state index contributed by atoms with van der Waals surface area (Å²) in [7, 11) is 0. The molecule has 2 heterocycles. The number of nitrogens with one attached hydrogen (secondary N) is 1. The fourth-order valence-electron chi connectivity index (χ4n) is 3.23. The van der Waals surface area contributed by atoms with E-state index >= 15 is 0 Å². The van der Waals surface area contributed by atoms with Crippen LogP contribution < -0.4 is 5.32 Å². The van der Waals surface area contributed by atoms with Crippen molar-refractivity contribution in [1.29, 1.82) is 0 Å². The van der Waals surface area contributed by atoms with E-state index in [1.807, 2.05) is 61.5 Å². The fourth-order valence-corrected chi connectivity index (χ4v) is 3.77. The van der Waals surface area contributed by atoms with Crippen LogP contribution in [0, 0.1) is 6.92 Å². The first-order valence-corrected chi connectivity index (χ1v) is 9.49. The van der Waals surface area contributed by atoms with Crippen molar-refractivity contribution in [3.63, 3.8) is 0 Å². The van der Waals surface area contributed by atoms with Crippen LogP contribution in [0.4, 0.5) is 5.82 Å². The van der Waals surface area contributed by atoms with Crippen molar-refractivity contribution in [1.82, 2.24) is 9.97 Å². The molecule has 0 amide bonds. The Morgan fingerprint density at radius 2 is 1.75 bits per heavy atom. The number of halogens is 2. The average molecular weight is 410 g/mol. The molecular weight excluding hydrogens is 393 g/mol.